The molecular weight excluding hydrogens is 400 g/mol. The molecule has 0 aliphatic heterocycles. The van der Waals surface area contributed by atoms with Gasteiger partial charge in [0.05, 0.1) is 7.11 Å². The molecule has 0 radical (unpaired) electrons. The van der Waals surface area contributed by atoms with Crippen LogP contribution < -0.4 is 21.2 Å². The summed E-state index contributed by atoms with van der Waals surface area (Å²) in [4.78, 5) is 29.7. The zero-order valence-electron chi connectivity index (χ0n) is 18.0. The first-order chi connectivity index (χ1) is 15.1. The van der Waals surface area contributed by atoms with Crippen molar-refractivity contribution in [3.05, 3.63) is 57.5 Å². The molecule has 0 saturated carbocycles. The predicted octanol–water partition coefficient (Wildman–Crippen LogP) is 1.15. The molecule has 3 N–H and O–H groups in total. The van der Waals surface area contributed by atoms with Crippen molar-refractivity contribution in [2.45, 2.75) is 20.3 Å². The van der Waals surface area contributed by atoms with Crippen molar-refractivity contribution in [2.24, 2.45) is 0 Å². The molecular formula is C20H28N8O3. The van der Waals surface area contributed by atoms with E-state index >= 15 is 0 Å². The number of hydrogen-bond acceptors (Lipinski definition) is 9. The molecule has 2 heterocycles. The van der Waals surface area contributed by atoms with E-state index in [1.54, 1.807) is 31.4 Å². The largest absolute Gasteiger partial charge is 0.497 e. The highest BCUT2D eigenvalue weighted by atomic mass is 16.5. The molecule has 0 unspecified atom stereocenters. The van der Waals surface area contributed by atoms with Crippen LogP contribution in [-0.4, -0.2) is 68.6 Å². The number of methoxy groups -OCH3 is 1. The van der Waals surface area contributed by atoms with Gasteiger partial charge in [0.2, 0.25) is 5.95 Å². The predicted molar refractivity (Wildman–Crippen MR) is 118 cm³/mol. The summed E-state index contributed by atoms with van der Waals surface area (Å²) in [7, 11) is 1.60. The van der Waals surface area contributed by atoms with E-state index in [1.165, 1.54) is 6.33 Å². The highest BCUT2D eigenvalue weighted by molar-refractivity contribution is 5.58. The van der Waals surface area contributed by atoms with Crippen LogP contribution in [0.15, 0.2) is 46.4 Å². The van der Waals surface area contributed by atoms with Gasteiger partial charge in [-0.05, 0) is 50.3 Å². The number of aromatic amines is 2. The lowest BCUT2D eigenvalue weighted by Crippen LogP contribution is -2.26. The Bertz CT molecular complexity index is 998. The Hall–Kier alpha value is -3.60. The number of aromatic nitrogens is 6. The van der Waals surface area contributed by atoms with E-state index in [2.05, 4.69) is 54.4 Å². The molecule has 0 bridgehead atoms. The van der Waals surface area contributed by atoms with Crippen LogP contribution >= 0.6 is 0 Å². The summed E-state index contributed by atoms with van der Waals surface area (Å²) in [5, 5.41) is 17.8. The van der Waals surface area contributed by atoms with Gasteiger partial charge in [-0.25, -0.2) is 0 Å². The molecule has 0 aliphatic carbocycles. The molecule has 0 spiro atoms. The first-order valence-corrected chi connectivity index (χ1v) is 10.00. The second-order valence-corrected chi connectivity index (χ2v) is 6.38. The Labute approximate surface area is 179 Å². The summed E-state index contributed by atoms with van der Waals surface area (Å²) in [5.41, 5.74) is 0.514. The van der Waals surface area contributed by atoms with Crippen molar-refractivity contribution < 1.29 is 4.74 Å². The first-order valence-electron chi connectivity index (χ1n) is 10.00. The van der Waals surface area contributed by atoms with Gasteiger partial charge in [-0.3, -0.25) is 14.6 Å². The van der Waals surface area contributed by atoms with Crippen molar-refractivity contribution in [3.8, 4) is 17.0 Å². The number of anilines is 1. The number of rotatable bonds is 9. The zero-order chi connectivity index (χ0) is 22.5. The summed E-state index contributed by atoms with van der Waals surface area (Å²) in [6, 6.07) is 7.15. The summed E-state index contributed by atoms with van der Waals surface area (Å²) < 4.78 is 5.11. The first kappa shape index (κ1) is 23.7. The van der Waals surface area contributed by atoms with Crippen LogP contribution in [0.4, 0.5) is 5.95 Å². The van der Waals surface area contributed by atoms with Crippen LogP contribution in [0.25, 0.3) is 11.3 Å². The lowest BCUT2D eigenvalue weighted by Gasteiger charge is -2.17. The van der Waals surface area contributed by atoms with E-state index in [4.69, 9.17) is 4.74 Å². The molecule has 0 saturated heterocycles. The van der Waals surface area contributed by atoms with Crippen molar-refractivity contribution in [3.63, 3.8) is 0 Å². The lowest BCUT2D eigenvalue weighted by molar-refractivity contribution is 0.303. The van der Waals surface area contributed by atoms with Gasteiger partial charge < -0.3 is 19.9 Å². The molecule has 0 atom stereocenters. The SMILES string of the molecule is CCN(CC)CCCNc1nnc(-c2ccc(OC)cc2)c(=O)[nH]1.O=c1cnnc[nH]1. The number of hydrogen-bond donors (Lipinski definition) is 3. The van der Waals surface area contributed by atoms with E-state index in [1.807, 2.05) is 0 Å². The fourth-order valence-corrected chi connectivity index (χ4v) is 2.65. The second kappa shape index (κ2) is 12.9. The summed E-state index contributed by atoms with van der Waals surface area (Å²) in [6.45, 7) is 8.15. The van der Waals surface area contributed by atoms with Crippen LogP contribution in [0.1, 0.15) is 20.3 Å². The van der Waals surface area contributed by atoms with Gasteiger partial charge in [0.15, 0.2) is 5.69 Å². The van der Waals surface area contributed by atoms with E-state index in [9.17, 15) is 9.59 Å². The van der Waals surface area contributed by atoms with Gasteiger partial charge in [0.25, 0.3) is 11.1 Å². The maximum Gasteiger partial charge on any atom is 0.279 e. The van der Waals surface area contributed by atoms with Crippen LogP contribution in [0.2, 0.25) is 0 Å². The third-order valence-electron chi connectivity index (χ3n) is 4.40. The van der Waals surface area contributed by atoms with Crippen LogP contribution in [0.5, 0.6) is 5.75 Å². The fourth-order valence-electron chi connectivity index (χ4n) is 2.65. The van der Waals surface area contributed by atoms with Crippen molar-refractivity contribution in [1.82, 2.24) is 35.3 Å². The minimum Gasteiger partial charge on any atom is -0.497 e. The second-order valence-electron chi connectivity index (χ2n) is 6.38. The monoisotopic (exact) mass is 428 g/mol. The lowest BCUT2D eigenvalue weighted by atomic mass is 10.1. The van der Waals surface area contributed by atoms with Gasteiger partial charge in [-0.15, -0.1) is 15.3 Å². The standard InChI is InChI=1S/C17H25N5O2.C3H3N3O/c1-4-22(5-2)12-6-11-18-17-19-16(23)15(20-21-17)13-7-9-14(24-3)10-8-13;7-3-1-5-6-2-4-3/h7-10H,4-6,11-12H2,1-3H3,(H2,18,19,21,23);1-2H,(H,4,6,7). The molecule has 0 aliphatic rings. The van der Waals surface area contributed by atoms with Crippen LogP contribution in [-0.2, 0) is 0 Å². The average Bonchev–Trinajstić information content (AvgIpc) is 2.80. The van der Waals surface area contributed by atoms with Crippen molar-refractivity contribution in [1.29, 1.82) is 0 Å². The topological polar surface area (TPSA) is 142 Å². The number of benzene rings is 1. The molecule has 31 heavy (non-hydrogen) atoms. The van der Waals surface area contributed by atoms with Crippen LogP contribution in [0.3, 0.4) is 0 Å². The average molecular weight is 428 g/mol. The Balaban J connectivity index is 0.000000412. The van der Waals surface area contributed by atoms with E-state index in [-0.39, 0.29) is 11.1 Å². The molecule has 1 aromatic carbocycles. The minimum absolute atomic E-state index is 0.227. The molecule has 11 nitrogen and oxygen atoms in total. The van der Waals surface area contributed by atoms with Gasteiger partial charge in [-0.1, -0.05) is 13.8 Å². The van der Waals surface area contributed by atoms with Crippen molar-refractivity contribution in [2.75, 3.05) is 38.6 Å². The van der Waals surface area contributed by atoms with E-state index in [0.717, 1.165) is 44.5 Å². The highest BCUT2D eigenvalue weighted by Gasteiger charge is 2.08. The van der Waals surface area contributed by atoms with Crippen molar-refractivity contribution >= 4 is 5.95 Å². The van der Waals surface area contributed by atoms with E-state index in [0.29, 0.717) is 17.2 Å². The normalized spacial score (nSPS) is 10.3. The summed E-state index contributed by atoms with van der Waals surface area (Å²) in [6.07, 6.45) is 3.33. The number of nitrogens with one attached hydrogen (secondary N) is 3. The number of ether oxygens (including phenoxy) is 1. The quantitative estimate of drug-likeness (QED) is 0.428. The zero-order valence-corrected chi connectivity index (χ0v) is 18.0. The van der Waals surface area contributed by atoms with E-state index < -0.39 is 0 Å². The molecule has 0 fully saturated rings. The molecule has 3 rings (SSSR count). The van der Waals surface area contributed by atoms with Gasteiger partial charge in [-0.2, -0.15) is 5.10 Å². The maximum atomic E-state index is 12.2. The third-order valence-corrected chi connectivity index (χ3v) is 4.40. The van der Waals surface area contributed by atoms with Gasteiger partial charge in [0.1, 0.15) is 18.3 Å². The van der Waals surface area contributed by atoms with Crippen LogP contribution in [0, 0.1) is 0 Å². The molecule has 166 valence electrons. The fraction of sp³-hybridized carbons (Fsp3) is 0.400. The Morgan fingerprint density at radius 3 is 2.32 bits per heavy atom. The Morgan fingerprint density at radius 1 is 1.06 bits per heavy atom. The number of H-pyrrole nitrogens is 2. The number of nitrogens with zero attached hydrogens (tertiary/aromatic N) is 5. The maximum absolute atomic E-state index is 12.2. The molecule has 3 aromatic rings. The molecule has 2 aromatic heterocycles. The molecule has 11 heteroatoms. The Morgan fingerprint density at radius 2 is 1.81 bits per heavy atom. The summed E-state index contributed by atoms with van der Waals surface area (Å²) in [5.74, 6) is 1.13. The highest BCUT2D eigenvalue weighted by Crippen LogP contribution is 2.17. The minimum atomic E-state index is -0.263. The smallest absolute Gasteiger partial charge is 0.279 e. The summed E-state index contributed by atoms with van der Waals surface area (Å²) >= 11 is 0. The Kier molecular flexibility index (Phi) is 9.82. The van der Waals surface area contributed by atoms with Gasteiger partial charge >= 0.3 is 0 Å². The molecule has 0 amide bonds. The third kappa shape index (κ3) is 7.97. The van der Waals surface area contributed by atoms with Gasteiger partial charge in [0, 0.05) is 12.1 Å².